The van der Waals surface area contributed by atoms with Gasteiger partial charge in [0.1, 0.15) is 12.1 Å². The second kappa shape index (κ2) is 3.10. The molecular formula is C7H6ClN3O2. The molecule has 0 saturated carbocycles. The van der Waals surface area contributed by atoms with Gasteiger partial charge in [0, 0.05) is 6.20 Å². The number of hydrogen-bond acceptors (Lipinski definition) is 5. The van der Waals surface area contributed by atoms with Crippen LogP contribution in [0.1, 0.15) is 5.56 Å². The number of ether oxygens (including phenoxy) is 2. The lowest BCUT2D eigenvalue weighted by atomic mass is 10.3. The second-order valence-corrected chi connectivity index (χ2v) is 2.69. The van der Waals surface area contributed by atoms with Gasteiger partial charge in [-0.1, -0.05) is 0 Å². The average molecular weight is 200 g/mol. The third-order valence-corrected chi connectivity index (χ3v) is 1.71. The predicted octanol–water partition coefficient (Wildman–Crippen LogP) is 1.01. The summed E-state index contributed by atoms with van der Waals surface area (Å²) >= 11 is 5.53. The van der Waals surface area contributed by atoms with Crippen LogP contribution in [-0.4, -0.2) is 16.8 Å². The summed E-state index contributed by atoms with van der Waals surface area (Å²) in [6.07, 6.45) is 2.95. The maximum absolute atomic E-state index is 5.59. The van der Waals surface area contributed by atoms with E-state index in [9.17, 15) is 0 Å². The van der Waals surface area contributed by atoms with E-state index in [-0.39, 0.29) is 17.9 Å². The molecule has 0 bridgehead atoms. The Morgan fingerprint density at radius 3 is 3.00 bits per heavy atom. The number of nitrogen functional groups attached to an aromatic ring is 1. The quantitative estimate of drug-likeness (QED) is 0.684. The van der Waals surface area contributed by atoms with Gasteiger partial charge in [-0.05, 0) is 11.6 Å². The van der Waals surface area contributed by atoms with E-state index in [1.54, 1.807) is 0 Å². The van der Waals surface area contributed by atoms with Gasteiger partial charge in [-0.3, -0.25) is 0 Å². The summed E-state index contributed by atoms with van der Waals surface area (Å²) < 4.78 is 9.96. The van der Waals surface area contributed by atoms with E-state index in [2.05, 4.69) is 9.97 Å². The van der Waals surface area contributed by atoms with Crippen LogP contribution in [0.2, 0.25) is 5.28 Å². The molecule has 0 saturated heterocycles. The van der Waals surface area contributed by atoms with Crippen molar-refractivity contribution in [3.05, 3.63) is 23.3 Å². The summed E-state index contributed by atoms with van der Waals surface area (Å²) in [6.45, 7) is 0.192. The van der Waals surface area contributed by atoms with E-state index in [1.807, 2.05) is 0 Å². The first kappa shape index (κ1) is 8.12. The van der Waals surface area contributed by atoms with Crippen molar-refractivity contribution in [3.8, 4) is 0 Å². The largest absolute Gasteiger partial charge is 0.461 e. The Morgan fingerprint density at radius 2 is 2.38 bits per heavy atom. The van der Waals surface area contributed by atoms with E-state index >= 15 is 0 Å². The SMILES string of the molecule is Nc1nc(Cl)ncc1C1=COCO1. The molecule has 13 heavy (non-hydrogen) atoms. The predicted molar refractivity (Wildman–Crippen MR) is 46.5 cm³/mol. The number of nitrogens with two attached hydrogens (primary N) is 1. The molecule has 0 radical (unpaired) electrons. The Balaban J connectivity index is 2.40. The monoisotopic (exact) mass is 199 g/mol. The van der Waals surface area contributed by atoms with Crippen molar-refractivity contribution < 1.29 is 9.47 Å². The van der Waals surface area contributed by atoms with E-state index in [0.717, 1.165) is 0 Å². The molecule has 2 N–H and O–H groups in total. The highest BCUT2D eigenvalue weighted by atomic mass is 35.5. The lowest BCUT2D eigenvalue weighted by Gasteiger charge is -2.03. The number of hydrogen-bond donors (Lipinski definition) is 1. The zero-order valence-corrected chi connectivity index (χ0v) is 7.28. The summed E-state index contributed by atoms with van der Waals surface area (Å²) in [4.78, 5) is 7.56. The minimum Gasteiger partial charge on any atom is -0.461 e. The van der Waals surface area contributed by atoms with Crippen LogP contribution in [-0.2, 0) is 9.47 Å². The Morgan fingerprint density at radius 1 is 1.54 bits per heavy atom. The van der Waals surface area contributed by atoms with E-state index in [4.69, 9.17) is 26.8 Å². The summed E-state index contributed by atoms with van der Waals surface area (Å²) in [5.41, 5.74) is 6.17. The molecule has 0 unspecified atom stereocenters. The minimum absolute atomic E-state index is 0.112. The molecule has 2 rings (SSSR count). The molecule has 0 atom stereocenters. The first-order valence-corrected chi connectivity index (χ1v) is 3.88. The van der Waals surface area contributed by atoms with Gasteiger partial charge in [0.05, 0.1) is 5.56 Å². The third-order valence-electron chi connectivity index (χ3n) is 1.53. The van der Waals surface area contributed by atoms with Gasteiger partial charge in [0.2, 0.25) is 12.1 Å². The molecule has 6 heteroatoms. The van der Waals surface area contributed by atoms with Crippen LogP contribution in [0.25, 0.3) is 5.76 Å². The molecule has 0 aromatic carbocycles. The Hall–Kier alpha value is -1.49. The summed E-state index contributed by atoms with van der Waals surface area (Å²) in [5, 5.41) is 0.112. The van der Waals surface area contributed by atoms with Crippen molar-refractivity contribution in [2.24, 2.45) is 0 Å². The van der Waals surface area contributed by atoms with Crippen LogP contribution in [0.4, 0.5) is 5.82 Å². The highest BCUT2D eigenvalue weighted by Crippen LogP contribution is 2.24. The van der Waals surface area contributed by atoms with Crippen molar-refractivity contribution in [2.75, 3.05) is 12.5 Å². The zero-order chi connectivity index (χ0) is 9.26. The van der Waals surface area contributed by atoms with E-state index in [0.29, 0.717) is 11.3 Å². The molecule has 68 valence electrons. The normalized spacial score (nSPS) is 14.7. The van der Waals surface area contributed by atoms with Crippen LogP contribution in [0.15, 0.2) is 12.5 Å². The molecule has 0 aliphatic carbocycles. The molecule has 2 heterocycles. The number of rotatable bonds is 1. The van der Waals surface area contributed by atoms with E-state index < -0.39 is 0 Å². The molecule has 1 aromatic heterocycles. The highest BCUT2D eigenvalue weighted by molar-refractivity contribution is 6.28. The highest BCUT2D eigenvalue weighted by Gasteiger charge is 2.14. The molecule has 5 nitrogen and oxygen atoms in total. The lowest BCUT2D eigenvalue weighted by Crippen LogP contribution is -1.99. The van der Waals surface area contributed by atoms with Gasteiger partial charge in [-0.25, -0.2) is 9.97 Å². The molecule has 1 aromatic rings. The number of aromatic nitrogens is 2. The Kier molecular flexibility index (Phi) is 1.94. The van der Waals surface area contributed by atoms with Crippen molar-refractivity contribution in [1.29, 1.82) is 0 Å². The third kappa shape index (κ3) is 1.50. The number of halogens is 1. The zero-order valence-electron chi connectivity index (χ0n) is 6.53. The molecule has 1 aliphatic rings. The summed E-state index contributed by atoms with van der Waals surface area (Å²) in [6, 6.07) is 0. The van der Waals surface area contributed by atoms with Crippen molar-refractivity contribution in [3.63, 3.8) is 0 Å². The van der Waals surface area contributed by atoms with Gasteiger partial charge in [0.15, 0.2) is 5.76 Å². The molecular weight excluding hydrogens is 194 g/mol. The van der Waals surface area contributed by atoms with E-state index in [1.165, 1.54) is 12.5 Å². The maximum Gasteiger partial charge on any atom is 0.230 e. The molecule has 1 aliphatic heterocycles. The smallest absolute Gasteiger partial charge is 0.230 e. The first-order valence-electron chi connectivity index (χ1n) is 3.50. The van der Waals surface area contributed by atoms with Gasteiger partial charge >= 0.3 is 0 Å². The lowest BCUT2D eigenvalue weighted by molar-refractivity contribution is 0.100. The van der Waals surface area contributed by atoms with Crippen LogP contribution in [0.5, 0.6) is 0 Å². The van der Waals surface area contributed by atoms with Crippen LogP contribution >= 0.6 is 11.6 Å². The Bertz CT molecular complexity index is 367. The number of nitrogens with zero attached hydrogens (tertiary/aromatic N) is 2. The van der Waals surface area contributed by atoms with Crippen molar-refractivity contribution in [1.82, 2.24) is 9.97 Å². The standard InChI is InChI=1S/C7H6ClN3O2/c8-7-10-1-4(6(9)11-7)5-2-12-3-13-5/h1-2H,3H2,(H2,9,10,11). The average Bonchev–Trinajstić information content (AvgIpc) is 2.56. The molecule has 0 spiro atoms. The van der Waals surface area contributed by atoms with Gasteiger partial charge in [-0.2, -0.15) is 0 Å². The second-order valence-electron chi connectivity index (χ2n) is 2.35. The topological polar surface area (TPSA) is 70.3 Å². The molecule has 0 fully saturated rings. The van der Waals surface area contributed by atoms with Crippen molar-refractivity contribution >= 4 is 23.2 Å². The van der Waals surface area contributed by atoms with Gasteiger partial charge in [-0.15, -0.1) is 0 Å². The van der Waals surface area contributed by atoms with Gasteiger partial charge < -0.3 is 15.2 Å². The fourth-order valence-electron chi connectivity index (χ4n) is 0.945. The van der Waals surface area contributed by atoms with Gasteiger partial charge in [0.25, 0.3) is 0 Å². The maximum atomic E-state index is 5.59. The fourth-order valence-corrected chi connectivity index (χ4v) is 1.08. The first-order chi connectivity index (χ1) is 6.27. The van der Waals surface area contributed by atoms with Crippen LogP contribution in [0.3, 0.4) is 0 Å². The van der Waals surface area contributed by atoms with Crippen LogP contribution < -0.4 is 5.73 Å². The van der Waals surface area contributed by atoms with Crippen LogP contribution in [0, 0.1) is 0 Å². The fraction of sp³-hybridized carbons (Fsp3) is 0.143. The minimum atomic E-state index is 0.112. The van der Waals surface area contributed by atoms with Crippen molar-refractivity contribution in [2.45, 2.75) is 0 Å². The number of anilines is 1. The molecule has 0 amide bonds. The Labute approximate surface area is 79.1 Å². The summed E-state index contributed by atoms with van der Waals surface area (Å²) in [7, 11) is 0. The summed E-state index contributed by atoms with van der Waals surface area (Å²) in [5.74, 6) is 0.797.